The number of para-hydroxylation sites is 1. The van der Waals surface area contributed by atoms with Gasteiger partial charge >= 0.3 is 12.4 Å². The molecule has 1 aliphatic rings. The molecule has 0 radical (unpaired) electrons. The zero-order chi connectivity index (χ0) is 31.3. The van der Waals surface area contributed by atoms with Crippen molar-refractivity contribution in [3.63, 3.8) is 0 Å². The third-order valence-corrected chi connectivity index (χ3v) is 7.52. The molecule has 1 saturated heterocycles. The van der Waals surface area contributed by atoms with Crippen LogP contribution >= 0.6 is 11.8 Å². The lowest BCUT2D eigenvalue weighted by atomic mass is 10.0. The van der Waals surface area contributed by atoms with Gasteiger partial charge in [-0.25, -0.2) is 14.5 Å². The molecule has 4 aromatic rings. The van der Waals surface area contributed by atoms with E-state index in [-0.39, 0.29) is 11.3 Å². The van der Waals surface area contributed by atoms with E-state index in [4.69, 9.17) is 0 Å². The molecule has 1 aliphatic heterocycles. The molecule has 1 aromatic heterocycles. The number of benzene rings is 3. The van der Waals surface area contributed by atoms with E-state index in [1.165, 1.54) is 58.8 Å². The van der Waals surface area contributed by atoms with Crippen molar-refractivity contribution in [1.29, 1.82) is 5.26 Å². The third kappa shape index (κ3) is 7.27. The first kappa shape index (κ1) is 30.4. The minimum Gasteiger partial charge on any atom is -0.406 e. The predicted octanol–water partition coefficient (Wildman–Crippen LogP) is 7.14. The number of amidine groups is 1. The van der Waals surface area contributed by atoms with Crippen molar-refractivity contribution in [1.82, 2.24) is 20.1 Å². The van der Waals surface area contributed by atoms with Crippen LogP contribution in [0, 0.1) is 11.3 Å². The first-order valence-electron chi connectivity index (χ1n) is 13.5. The van der Waals surface area contributed by atoms with Crippen molar-refractivity contribution in [2.24, 2.45) is 4.99 Å². The lowest BCUT2D eigenvalue weighted by Gasteiger charge is -2.22. The number of hydrogen-bond donors (Lipinski definition) is 1. The summed E-state index contributed by atoms with van der Waals surface area (Å²) in [6, 6.07) is 21.7. The van der Waals surface area contributed by atoms with E-state index in [0.717, 1.165) is 18.0 Å². The van der Waals surface area contributed by atoms with Crippen LogP contribution in [-0.2, 0) is 0 Å². The number of aliphatic imine (C=N–C) groups is 1. The minimum absolute atomic E-state index is 0.228. The number of ether oxygens (including phenoxy) is 1. The summed E-state index contributed by atoms with van der Waals surface area (Å²) in [5, 5.41) is 17.3. The Morgan fingerprint density at radius 2 is 1.84 bits per heavy atom. The summed E-state index contributed by atoms with van der Waals surface area (Å²) >= 11 is 1.50. The largest absolute Gasteiger partial charge is 0.573 e. The molecule has 224 valence electrons. The molecule has 0 spiro atoms. The highest BCUT2D eigenvalue weighted by atomic mass is 32.2. The highest BCUT2D eigenvalue weighted by Gasteiger charge is 2.31. The van der Waals surface area contributed by atoms with E-state index in [1.807, 2.05) is 23.1 Å². The Hall–Kier alpha value is -5.09. The van der Waals surface area contributed by atoms with Gasteiger partial charge in [0.1, 0.15) is 18.1 Å². The number of thioether (sulfide) groups is 1. The van der Waals surface area contributed by atoms with Gasteiger partial charge < -0.3 is 15.0 Å². The van der Waals surface area contributed by atoms with Crippen LogP contribution in [0.15, 0.2) is 90.3 Å². The number of hydrogen-bond acceptors (Lipinski definition) is 6. The van der Waals surface area contributed by atoms with E-state index in [2.05, 4.69) is 51.1 Å². The maximum absolute atomic E-state index is 12.7. The van der Waals surface area contributed by atoms with Gasteiger partial charge in [0.25, 0.3) is 0 Å². The maximum atomic E-state index is 12.7. The van der Waals surface area contributed by atoms with Crippen LogP contribution in [0.5, 0.6) is 5.75 Å². The number of nitrogens with zero attached hydrogens (tertiary/aromatic N) is 6. The zero-order valence-corrected chi connectivity index (χ0v) is 24.4. The van der Waals surface area contributed by atoms with Gasteiger partial charge in [-0.15, -0.1) is 18.3 Å². The molecule has 2 heterocycles. The molecule has 0 aliphatic carbocycles. The van der Waals surface area contributed by atoms with Crippen LogP contribution in [0.1, 0.15) is 30.9 Å². The van der Waals surface area contributed by atoms with Crippen LogP contribution in [0.3, 0.4) is 0 Å². The van der Waals surface area contributed by atoms with Gasteiger partial charge in [0.15, 0.2) is 11.0 Å². The molecule has 0 saturated carbocycles. The number of halogens is 3. The average molecular weight is 618 g/mol. The van der Waals surface area contributed by atoms with Gasteiger partial charge in [-0.2, -0.15) is 10.3 Å². The van der Waals surface area contributed by atoms with E-state index in [1.54, 1.807) is 24.3 Å². The molecular formula is C31H26F3N7O2S. The zero-order valence-electron chi connectivity index (χ0n) is 23.6. The summed E-state index contributed by atoms with van der Waals surface area (Å²) in [5.74, 6) is 1.15. The van der Waals surface area contributed by atoms with Crippen LogP contribution in [0.4, 0.5) is 23.7 Å². The molecule has 0 atom stereocenters. The van der Waals surface area contributed by atoms with Crippen LogP contribution in [0.2, 0.25) is 0 Å². The van der Waals surface area contributed by atoms with Gasteiger partial charge in [-0.1, -0.05) is 68.1 Å². The molecule has 1 fully saturated rings. The smallest absolute Gasteiger partial charge is 0.406 e. The van der Waals surface area contributed by atoms with Crippen molar-refractivity contribution in [3.8, 4) is 28.9 Å². The summed E-state index contributed by atoms with van der Waals surface area (Å²) < 4.78 is 42.5. The lowest BCUT2D eigenvalue weighted by molar-refractivity contribution is -0.274. The first-order chi connectivity index (χ1) is 21.1. The fraction of sp³-hybridized carbons (Fsp3) is 0.194. The quantitative estimate of drug-likeness (QED) is 0.220. The fourth-order valence-corrected chi connectivity index (χ4v) is 5.44. The van der Waals surface area contributed by atoms with E-state index in [0.29, 0.717) is 33.7 Å². The van der Waals surface area contributed by atoms with E-state index in [9.17, 15) is 23.2 Å². The monoisotopic (exact) mass is 617 g/mol. The Balaban J connectivity index is 1.25. The standard InChI is InChI=1S/C31H26F3N7O2S/c1-20(2)26-5-3-4-6-27(26)40-15-16-44-30(40)38-29(42)36-18-23(17-35)21-7-9-22(10-8-21)28-37-19-41(39-28)24-11-13-25(14-12-24)43-31(32,33)34/h3-14,18-20H,15-16H2,1-2H3,(H,36,42)/b23-18+,38-30-. The summed E-state index contributed by atoms with van der Waals surface area (Å²) in [7, 11) is 0. The van der Waals surface area contributed by atoms with Crippen molar-refractivity contribution in [3.05, 3.63) is 96.5 Å². The number of anilines is 1. The topological polar surface area (TPSA) is 108 Å². The van der Waals surface area contributed by atoms with Crippen molar-refractivity contribution in [2.75, 3.05) is 17.2 Å². The van der Waals surface area contributed by atoms with Crippen LogP contribution < -0.4 is 15.0 Å². The molecule has 0 unspecified atom stereocenters. The number of nitriles is 1. The Morgan fingerprint density at radius 1 is 1.11 bits per heavy atom. The molecule has 44 heavy (non-hydrogen) atoms. The molecule has 5 rings (SSSR count). The van der Waals surface area contributed by atoms with Gasteiger partial charge in [0, 0.05) is 29.7 Å². The number of urea groups is 1. The number of carbonyl (C=O) groups is 1. The SMILES string of the molecule is CC(C)c1ccccc1N1CCS/C1=N\C(=O)N/C=C(\C#N)c1ccc(-c2ncn(-c3ccc(OC(F)(F)F)cc3)n2)cc1. The predicted molar refractivity (Wildman–Crippen MR) is 163 cm³/mol. The maximum Gasteiger partial charge on any atom is 0.573 e. The second-order valence-corrected chi connectivity index (χ2v) is 10.9. The van der Waals surface area contributed by atoms with E-state index < -0.39 is 12.4 Å². The van der Waals surface area contributed by atoms with Gasteiger partial charge in [-0.05, 0) is 47.4 Å². The minimum atomic E-state index is -4.77. The van der Waals surface area contributed by atoms with Crippen molar-refractivity contribution < 1.29 is 22.7 Å². The Morgan fingerprint density at radius 3 is 2.52 bits per heavy atom. The number of nitrogens with one attached hydrogen (secondary N) is 1. The Labute approximate surface area is 255 Å². The Kier molecular flexibility index (Phi) is 9.01. The highest BCUT2D eigenvalue weighted by molar-refractivity contribution is 8.14. The van der Waals surface area contributed by atoms with Crippen molar-refractivity contribution >= 4 is 34.2 Å². The number of aromatic nitrogens is 3. The molecule has 9 nitrogen and oxygen atoms in total. The fourth-order valence-electron chi connectivity index (χ4n) is 4.49. The van der Waals surface area contributed by atoms with E-state index >= 15 is 0 Å². The summed E-state index contributed by atoms with van der Waals surface area (Å²) in [6.07, 6.45) is -2.01. The molecule has 2 amide bonds. The van der Waals surface area contributed by atoms with Crippen molar-refractivity contribution in [2.45, 2.75) is 26.1 Å². The molecule has 3 aromatic carbocycles. The number of allylic oxidation sites excluding steroid dienone is 1. The molecule has 0 bridgehead atoms. The average Bonchev–Trinajstić information content (AvgIpc) is 3.68. The number of amides is 2. The third-order valence-electron chi connectivity index (χ3n) is 6.56. The number of carbonyl (C=O) groups excluding carboxylic acids is 1. The lowest BCUT2D eigenvalue weighted by Crippen LogP contribution is -2.27. The van der Waals surface area contributed by atoms with Crippen LogP contribution in [0.25, 0.3) is 22.6 Å². The highest BCUT2D eigenvalue weighted by Crippen LogP contribution is 2.32. The molecule has 1 N–H and O–H groups in total. The molecule has 13 heteroatoms. The summed E-state index contributed by atoms with van der Waals surface area (Å²) in [4.78, 5) is 23.3. The molecular weight excluding hydrogens is 591 g/mol. The summed E-state index contributed by atoms with van der Waals surface area (Å²) in [5.41, 5.74) is 4.14. The van der Waals surface area contributed by atoms with Gasteiger partial charge in [0.2, 0.25) is 0 Å². The normalized spacial score (nSPS) is 14.6. The first-order valence-corrected chi connectivity index (χ1v) is 14.5. The second-order valence-electron chi connectivity index (χ2n) is 9.86. The summed E-state index contributed by atoms with van der Waals surface area (Å²) in [6.45, 7) is 4.99. The second kappa shape index (κ2) is 13.0. The van der Waals surface area contributed by atoms with Gasteiger partial charge in [-0.3, -0.25) is 0 Å². The Bertz CT molecular complexity index is 1740. The van der Waals surface area contributed by atoms with Crippen LogP contribution in [-0.4, -0.2) is 44.6 Å². The number of alkyl halides is 3. The number of rotatable bonds is 7. The van der Waals surface area contributed by atoms with Gasteiger partial charge in [0.05, 0.1) is 11.3 Å².